The summed E-state index contributed by atoms with van der Waals surface area (Å²) >= 11 is 1.85. The van der Waals surface area contributed by atoms with Crippen molar-refractivity contribution in [2.24, 2.45) is 4.99 Å². The van der Waals surface area contributed by atoms with Gasteiger partial charge in [0.15, 0.2) is 5.96 Å². The smallest absolute Gasteiger partial charge is 0.193 e. The van der Waals surface area contributed by atoms with Crippen LogP contribution in [-0.4, -0.2) is 80.1 Å². The second-order valence-electron chi connectivity index (χ2n) is 6.25. The number of rotatable bonds is 8. The van der Waals surface area contributed by atoms with Gasteiger partial charge in [-0.2, -0.15) is 0 Å². The summed E-state index contributed by atoms with van der Waals surface area (Å²) in [7, 11) is 1.89. The van der Waals surface area contributed by atoms with Crippen LogP contribution in [0.15, 0.2) is 22.5 Å². The number of halogens is 1. The summed E-state index contributed by atoms with van der Waals surface area (Å²) in [6.07, 6.45) is 1.22. The highest BCUT2D eigenvalue weighted by Crippen LogP contribution is 2.13. The molecule has 144 valence electrons. The molecule has 1 fully saturated rings. The van der Waals surface area contributed by atoms with E-state index in [0.29, 0.717) is 0 Å². The maximum Gasteiger partial charge on any atom is 0.193 e. The normalized spacial score (nSPS) is 16.2. The van der Waals surface area contributed by atoms with Crippen LogP contribution in [0.1, 0.15) is 25.1 Å². The van der Waals surface area contributed by atoms with Crippen molar-refractivity contribution in [1.29, 1.82) is 0 Å². The van der Waals surface area contributed by atoms with Gasteiger partial charge >= 0.3 is 0 Å². The Morgan fingerprint density at radius 2 is 2.00 bits per heavy atom. The van der Waals surface area contributed by atoms with Gasteiger partial charge in [0.25, 0.3) is 0 Å². The third-order valence-corrected chi connectivity index (χ3v) is 5.40. The summed E-state index contributed by atoms with van der Waals surface area (Å²) < 4.78 is 0. The molecule has 0 spiro atoms. The molecule has 25 heavy (non-hydrogen) atoms. The summed E-state index contributed by atoms with van der Waals surface area (Å²) in [5.74, 6) is 1.05. The van der Waals surface area contributed by atoms with Crippen LogP contribution in [0, 0.1) is 0 Å². The molecule has 0 aromatic carbocycles. The fourth-order valence-electron chi connectivity index (χ4n) is 3.14. The molecule has 5 nitrogen and oxygen atoms in total. The molecule has 0 amide bonds. The Bertz CT molecular complexity index is 472. The predicted molar refractivity (Wildman–Crippen MR) is 120 cm³/mol. The van der Waals surface area contributed by atoms with E-state index in [1.807, 2.05) is 18.4 Å². The number of nitrogens with one attached hydrogen (secondary N) is 1. The third kappa shape index (κ3) is 7.80. The minimum absolute atomic E-state index is 0. The van der Waals surface area contributed by atoms with E-state index in [9.17, 15) is 0 Å². The van der Waals surface area contributed by atoms with Gasteiger partial charge in [-0.1, -0.05) is 19.9 Å². The van der Waals surface area contributed by atoms with Gasteiger partial charge in [-0.15, -0.1) is 35.3 Å². The van der Waals surface area contributed by atoms with Crippen LogP contribution in [0.4, 0.5) is 0 Å². The van der Waals surface area contributed by atoms with E-state index in [-0.39, 0.29) is 24.0 Å². The molecule has 1 aromatic rings. The molecule has 1 N–H and O–H groups in total. The molecule has 0 atom stereocenters. The highest BCUT2D eigenvalue weighted by Gasteiger charge is 2.19. The summed E-state index contributed by atoms with van der Waals surface area (Å²) in [6.45, 7) is 14.2. The van der Waals surface area contributed by atoms with E-state index >= 15 is 0 Å². The molecule has 0 saturated carbocycles. The highest BCUT2D eigenvalue weighted by atomic mass is 127. The average molecular weight is 479 g/mol. The van der Waals surface area contributed by atoms with Crippen LogP contribution in [0.3, 0.4) is 0 Å². The lowest BCUT2D eigenvalue weighted by atomic mass is 10.3. The van der Waals surface area contributed by atoms with Crippen molar-refractivity contribution in [2.75, 3.05) is 59.4 Å². The minimum atomic E-state index is 0. The van der Waals surface area contributed by atoms with Gasteiger partial charge in [0, 0.05) is 57.7 Å². The van der Waals surface area contributed by atoms with Crippen LogP contribution in [0.25, 0.3) is 0 Å². The predicted octanol–water partition coefficient (Wildman–Crippen LogP) is 2.79. The van der Waals surface area contributed by atoms with E-state index in [0.717, 1.165) is 58.3 Å². The molecular formula is C18H34IN5S. The van der Waals surface area contributed by atoms with Gasteiger partial charge in [-0.25, -0.2) is 0 Å². The lowest BCUT2D eigenvalue weighted by Gasteiger charge is -2.36. The summed E-state index contributed by atoms with van der Waals surface area (Å²) in [6, 6.07) is 4.37. The van der Waals surface area contributed by atoms with E-state index in [1.54, 1.807) is 0 Å². The van der Waals surface area contributed by atoms with E-state index in [4.69, 9.17) is 0 Å². The molecule has 0 aliphatic carbocycles. The number of piperazine rings is 1. The number of guanidine groups is 1. The van der Waals surface area contributed by atoms with Crippen LogP contribution in [-0.2, 0) is 6.54 Å². The second kappa shape index (κ2) is 12.9. The monoisotopic (exact) mass is 479 g/mol. The zero-order valence-electron chi connectivity index (χ0n) is 15.9. The quantitative estimate of drug-likeness (QED) is 0.353. The van der Waals surface area contributed by atoms with Crippen LogP contribution >= 0.6 is 35.3 Å². The van der Waals surface area contributed by atoms with Crippen molar-refractivity contribution in [3.05, 3.63) is 22.4 Å². The molecule has 7 heteroatoms. The average Bonchev–Trinajstić information content (AvgIpc) is 3.12. The molecule has 1 aliphatic rings. The molecule has 1 saturated heterocycles. The zero-order valence-corrected chi connectivity index (χ0v) is 19.1. The van der Waals surface area contributed by atoms with E-state index in [1.165, 1.54) is 17.8 Å². The number of likely N-dealkylation sites (N-methyl/N-ethyl adjacent to an activating group) is 1. The second-order valence-corrected chi connectivity index (χ2v) is 7.28. The van der Waals surface area contributed by atoms with Crippen LogP contribution in [0.2, 0.25) is 0 Å². The SMILES string of the molecule is CCCN(CC)CCNC(=NC)N1CCN(Cc2cccs2)CC1.I. The Balaban J connectivity index is 0.00000312. The Hall–Kier alpha value is -0.380. The van der Waals surface area contributed by atoms with Crippen molar-refractivity contribution in [3.63, 3.8) is 0 Å². The molecular weight excluding hydrogens is 445 g/mol. The Kier molecular flexibility index (Phi) is 11.7. The molecule has 0 bridgehead atoms. The topological polar surface area (TPSA) is 34.1 Å². The van der Waals surface area contributed by atoms with Gasteiger partial charge in [-0.3, -0.25) is 9.89 Å². The number of hydrogen-bond acceptors (Lipinski definition) is 4. The van der Waals surface area contributed by atoms with Crippen LogP contribution in [0.5, 0.6) is 0 Å². The lowest BCUT2D eigenvalue weighted by Crippen LogP contribution is -2.52. The first-order chi connectivity index (χ1) is 11.8. The zero-order chi connectivity index (χ0) is 17.2. The number of nitrogens with zero attached hydrogens (tertiary/aromatic N) is 4. The Morgan fingerprint density at radius 1 is 1.24 bits per heavy atom. The van der Waals surface area contributed by atoms with Gasteiger partial charge in [0.05, 0.1) is 0 Å². The maximum absolute atomic E-state index is 4.48. The first kappa shape index (κ1) is 22.7. The summed E-state index contributed by atoms with van der Waals surface area (Å²) in [5.41, 5.74) is 0. The molecule has 0 unspecified atom stereocenters. The molecule has 2 rings (SSSR count). The number of thiophene rings is 1. The van der Waals surface area contributed by atoms with Crippen molar-refractivity contribution in [3.8, 4) is 0 Å². The Labute approximate surface area is 174 Å². The van der Waals surface area contributed by atoms with Crippen molar-refractivity contribution < 1.29 is 0 Å². The fraction of sp³-hybridized carbons (Fsp3) is 0.722. The van der Waals surface area contributed by atoms with Crippen molar-refractivity contribution in [1.82, 2.24) is 20.0 Å². The highest BCUT2D eigenvalue weighted by molar-refractivity contribution is 14.0. The lowest BCUT2D eigenvalue weighted by molar-refractivity contribution is 0.173. The molecule has 2 heterocycles. The largest absolute Gasteiger partial charge is 0.355 e. The minimum Gasteiger partial charge on any atom is -0.355 e. The van der Waals surface area contributed by atoms with Crippen molar-refractivity contribution in [2.45, 2.75) is 26.8 Å². The van der Waals surface area contributed by atoms with Crippen molar-refractivity contribution >= 4 is 41.3 Å². The fourth-order valence-corrected chi connectivity index (χ4v) is 3.89. The maximum atomic E-state index is 4.48. The molecule has 1 aliphatic heterocycles. The number of hydrogen-bond donors (Lipinski definition) is 1. The molecule has 1 aromatic heterocycles. The van der Waals surface area contributed by atoms with E-state index in [2.05, 4.69) is 56.4 Å². The standard InChI is InChI=1S/C18H33N5S.HI/c1-4-9-21(5-2)10-8-20-18(19-3)23-13-11-22(12-14-23)16-17-7-6-15-24-17;/h6-7,15H,4-5,8-14,16H2,1-3H3,(H,19,20);1H. The van der Waals surface area contributed by atoms with Gasteiger partial charge in [0.1, 0.15) is 0 Å². The Morgan fingerprint density at radius 3 is 2.56 bits per heavy atom. The van der Waals surface area contributed by atoms with Gasteiger partial charge in [-0.05, 0) is 31.0 Å². The third-order valence-electron chi connectivity index (χ3n) is 4.54. The summed E-state index contributed by atoms with van der Waals surface area (Å²) in [4.78, 5) is 13.4. The van der Waals surface area contributed by atoms with Gasteiger partial charge in [0.2, 0.25) is 0 Å². The van der Waals surface area contributed by atoms with Crippen LogP contribution < -0.4 is 5.32 Å². The first-order valence-corrected chi connectivity index (χ1v) is 10.1. The van der Waals surface area contributed by atoms with Gasteiger partial charge < -0.3 is 15.1 Å². The first-order valence-electron chi connectivity index (χ1n) is 9.19. The number of aliphatic imine (C=N–C) groups is 1. The molecule has 0 radical (unpaired) electrons. The van der Waals surface area contributed by atoms with E-state index < -0.39 is 0 Å². The summed E-state index contributed by atoms with van der Waals surface area (Å²) in [5, 5.41) is 5.70.